The monoisotopic (exact) mass is 288 g/mol. The summed E-state index contributed by atoms with van der Waals surface area (Å²) in [6.07, 6.45) is 2.93. The highest BCUT2D eigenvalue weighted by molar-refractivity contribution is 7.89. The van der Waals surface area contributed by atoms with E-state index >= 15 is 0 Å². The molecular weight excluding hydrogens is 264 g/mol. The molecule has 0 unspecified atom stereocenters. The maximum absolute atomic E-state index is 11.9. The van der Waals surface area contributed by atoms with Crippen LogP contribution in [0.5, 0.6) is 0 Å². The third-order valence-electron chi connectivity index (χ3n) is 2.66. The van der Waals surface area contributed by atoms with Gasteiger partial charge in [0.05, 0.1) is 6.54 Å². The van der Waals surface area contributed by atoms with Crippen LogP contribution in [-0.2, 0) is 16.6 Å². The lowest BCUT2D eigenvalue weighted by Crippen LogP contribution is -2.24. The van der Waals surface area contributed by atoms with E-state index in [0.717, 1.165) is 19.3 Å². The normalized spacial score (nSPS) is 12.2. The Kier molecular flexibility index (Phi) is 6.54. The Labute approximate surface area is 115 Å². The average molecular weight is 288 g/mol. The molecule has 2 N–H and O–H groups in total. The molecule has 0 aromatic carbocycles. The summed E-state index contributed by atoms with van der Waals surface area (Å²) in [5.74, 6) is 0.627. The summed E-state index contributed by atoms with van der Waals surface area (Å²) in [5, 5.41) is 3.17. The quantitative estimate of drug-likeness (QED) is 0.684. The molecule has 5 nitrogen and oxygen atoms in total. The van der Waals surface area contributed by atoms with Gasteiger partial charge in [0, 0.05) is 12.6 Å². The van der Waals surface area contributed by atoms with Crippen LogP contribution >= 0.6 is 0 Å². The maximum atomic E-state index is 11.9. The summed E-state index contributed by atoms with van der Waals surface area (Å²) in [6.45, 7) is 7.11. The zero-order valence-corrected chi connectivity index (χ0v) is 12.7. The van der Waals surface area contributed by atoms with Crippen LogP contribution in [0.4, 0.5) is 0 Å². The summed E-state index contributed by atoms with van der Waals surface area (Å²) in [4.78, 5) is 0. The van der Waals surface area contributed by atoms with Gasteiger partial charge in [-0.3, -0.25) is 0 Å². The van der Waals surface area contributed by atoms with Crippen LogP contribution in [0.2, 0.25) is 0 Å². The molecule has 110 valence electrons. The van der Waals surface area contributed by atoms with Gasteiger partial charge in [-0.05, 0) is 18.6 Å². The second-order valence-electron chi connectivity index (χ2n) is 4.86. The Bertz CT molecular complexity index is 466. The molecule has 0 radical (unpaired) electrons. The molecule has 19 heavy (non-hydrogen) atoms. The van der Waals surface area contributed by atoms with Crippen LogP contribution in [0.15, 0.2) is 21.6 Å². The lowest BCUT2D eigenvalue weighted by Gasteiger charge is -2.05. The Hall–Kier alpha value is -0.850. The van der Waals surface area contributed by atoms with Crippen molar-refractivity contribution in [2.24, 2.45) is 0 Å². The van der Waals surface area contributed by atoms with Crippen molar-refractivity contribution in [3.63, 3.8) is 0 Å². The highest BCUT2D eigenvalue weighted by atomic mass is 32.2. The van der Waals surface area contributed by atoms with Gasteiger partial charge in [-0.2, -0.15) is 0 Å². The second kappa shape index (κ2) is 7.67. The molecule has 0 aliphatic carbocycles. The fraction of sp³-hybridized carbons (Fsp3) is 0.692. The predicted molar refractivity (Wildman–Crippen MR) is 75.4 cm³/mol. The van der Waals surface area contributed by atoms with E-state index < -0.39 is 10.0 Å². The van der Waals surface area contributed by atoms with Crippen molar-refractivity contribution in [1.82, 2.24) is 10.0 Å². The molecule has 1 rings (SSSR count). The molecule has 1 heterocycles. The summed E-state index contributed by atoms with van der Waals surface area (Å²) in [5.41, 5.74) is 0. The number of furan rings is 1. The molecule has 0 fully saturated rings. The number of nitrogens with one attached hydrogen (secondary N) is 2. The molecule has 0 saturated carbocycles. The summed E-state index contributed by atoms with van der Waals surface area (Å²) in [7, 11) is -3.50. The first-order valence-corrected chi connectivity index (χ1v) is 8.25. The van der Waals surface area contributed by atoms with Crippen molar-refractivity contribution in [2.45, 2.75) is 57.7 Å². The van der Waals surface area contributed by atoms with Crippen LogP contribution in [-0.4, -0.2) is 21.0 Å². The molecule has 0 spiro atoms. The molecule has 1 aromatic rings. The number of sulfonamides is 1. The molecule has 0 atom stereocenters. The van der Waals surface area contributed by atoms with E-state index in [4.69, 9.17) is 4.42 Å². The lowest BCUT2D eigenvalue weighted by atomic mass is 10.3. The number of unbranched alkanes of at least 4 members (excludes halogenated alkanes) is 2. The van der Waals surface area contributed by atoms with E-state index in [9.17, 15) is 8.42 Å². The lowest BCUT2D eigenvalue weighted by molar-refractivity contribution is 0.393. The zero-order valence-electron chi connectivity index (χ0n) is 11.9. The highest BCUT2D eigenvalue weighted by Gasteiger charge is 2.17. The van der Waals surface area contributed by atoms with Crippen LogP contribution in [0, 0.1) is 0 Å². The van der Waals surface area contributed by atoms with E-state index in [1.54, 1.807) is 6.07 Å². The van der Waals surface area contributed by atoms with Gasteiger partial charge in [-0.15, -0.1) is 0 Å². The molecule has 0 amide bonds. The van der Waals surface area contributed by atoms with Gasteiger partial charge in [0.1, 0.15) is 5.76 Å². The first-order chi connectivity index (χ1) is 8.95. The third-order valence-corrected chi connectivity index (χ3v) is 3.99. The van der Waals surface area contributed by atoms with Gasteiger partial charge >= 0.3 is 0 Å². The van der Waals surface area contributed by atoms with Crippen molar-refractivity contribution in [3.05, 3.63) is 17.9 Å². The van der Waals surface area contributed by atoms with Gasteiger partial charge in [0.15, 0.2) is 0 Å². The summed E-state index contributed by atoms with van der Waals surface area (Å²) >= 11 is 0. The Balaban J connectivity index is 2.53. The molecular formula is C13H24N2O3S. The molecule has 0 aliphatic rings. The fourth-order valence-electron chi connectivity index (χ4n) is 1.56. The van der Waals surface area contributed by atoms with E-state index in [2.05, 4.69) is 17.0 Å². The Morgan fingerprint density at radius 2 is 2.00 bits per heavy atom. The van der Waals surface area contributed by atoms with Crippen LogP contribution < -0.4 is 10.0 Å². The predicted octanol–water partition coefficient (Wildman–Crippen LogP) is 2.25. The van der Waals surface area contributed by atoms with Gasteiger partial charge in [-0.25, -0.2) is 13.1 Å². The van der Waals surface area contributed by atoms with Crippen LogP contribution in [0.25, 0.3) is 0 Å². The first-order valence-electron chi connectivity index (χ1n) is 6.77. The minimum absolute atomic E-state index is 0.00967. The van der Waals surface area contributed by atoms with E-state index in [1.807, 2.05) is 13.8 Å². The van der Waals surface area contributed by atoms with E-state index in [-0.39, 0.29) is 5.09 Å². The molecule has 0 bridgehead atoms. The largest absolute Gasteiger partial charge is 0.447 e. The van der Waals surface area contributed by atoms with Gasteiger partial charge in [-0.1, -0.05) is 33.6 Å². The first kappa shape index (κ1) is 16.2. The number of hydrogen-bond donors (Lipinski definition) is 2. The maximum Gasteiger partial charge on any atom is 0.273 e. The minimum atomic E-state index is -3.50. The van der Waals surface area contributed by atoms with Crippen molar-refractivity contribution >= 4 is 10.0 Å². The second-order valence-corrected chi connectivity index (χ2v) is 6.56. The van der Waals surface area contributed by atoms with E-state index in [0.29, 0.717) is 24.9 Å². The molecule has 0 aliphatic heterocycles. The van der Waals surface area contributed by atoms with Crippen molar-refractivity contribution in [1.29, 1.82) is 0 Å². The van der Waals surface area contributed by atoms with Crippen LogP contribution in [0.1, 0.15) is 45.8 Å². The highest BCUT2D eigenvalue weighted by Crippen LogP contribution is 2.13. The Morgan fingerprint density at radius 3 is 2.63 bits per heavy atom. The molecule has 0 saturated heterocycles. The van der Waals surface area contributed by atoms with Gasteiger partial charge < -0.3 is 9.73 Å². The van der Waals surface area contributed by atoms with Crippen LogP contribution in [0.3, 0.4) is 0 Å². The standard InChI is InChI=1S/C13H24N2O3S/c1-4-5-6-9-15-19(16,17)13-8-7-12(18-13)10-14-11(2)3/h7-8,11,14-15H,4-6,9-10H2,1-3H3. The van der Waals surface area contributed by atoms with Crippen molar-refractivity contribution < 1.29 is 12.8 Å². The molecule has 6 heteroatoms. The smallest absolute Gasteiger partial charge is 0.273 e. The number of rotatable bonds is 9. The minimum Gasteiger partial charge on any atom is -0.447 e. The van der Waals surface area contributed by atoms with Gasteiger partial charge in [0.25, 0.3) is 10.0 Å². The van der Waals surface area contributed by atoms with Crippen molar-refractivity contribution in [2.75, 3.05) is 6.54 Å². The van der Waals surface area contributed by atoms with Crippen molar-refractivity contribution in [3.8, 4) is 0 Å². The topological polar surface area (TPSA) is 71.3 Å². The number of hydrogen-bond acceptors (Lipinski definition) is 4. The third kappa shape index (κ3) is 5.76. The average Bonchev–Trinajstić information content (AvgIpc) is 2.82. The summed E-state index contributed by atoms with van der Waals surface area (Å²) < 4.78 is 31.7. The van der Waals surface area contributed by atoms with E-state index in [1.165, 1.54) is 6.07 Å². The van der Waals surface area contributed by atoms with Gasteiger partial charge in [0.2, 0.25) is 5.09 Å². The summed E-state index contributed by atoms with van der Waals surface area (Å²) in [6, 6.07) is 3.52. The molecule has 1 aromatic heterocycles. The zero-order chi connectivity index (χ0) is 14.3. The SMILES string of the molecule is CCCCCNS(=O)(=O)c1ccc(CNC(C)C)o1. The Morgan fingerprint density at radius 1 is 1.26 bits per heavy atom. The fourth-order valence-corrected chi connectivity index (χ4v) is 2.57.